The van der Waals surface area contributed by atoms with Crippen LogP contribution in [0.1, 0.15) is 83.4 Å². The molecule has 1 aliphatic rings. The Morgan fingerprint density at radius 2 is 1.60 bits per heavy atom. The highest BCUT2D eigenvalue weighted by molar-refractivity contribution is 7.80. The number of aryl methyl sites for hydroxylation is 1. The van der Waals surface area contributed by atoms with Gasteiger partial charge in [0.05, 0.1) is 25.1 Å². The van der Waals surface area contributed by atoms with Crippen molar-refractivity contribution in [3.63, 3.8) is 0 Å². The predicted octanol–water partition coefficient (Wildman–Crippen LogP) is -0.622. The van der Waals surface area contributed by atoms with Gasteiger partial charge in [0.2, 0.25) is 41.4 Å². The number of unbranched alkanes of at least 4 members (excludes halogenated alkanes) is 3. The maximum Gasteiger partial charge on any atom is 0.245 e. The monoisotopic (exact) mass is 886 g/mol. The molecule has 0 aliphatic carbocycles. The molecule has 2 heterocycles. The zero-order chi connectivity index (χ0) is 45.6. The fourth-order valence-electron chi connectivity index (χ4n) is 6.84. The van der Waals surface area contributed by atoms with Gasteiger partial charge in [-0.3, -0.25) is 33.6 Å². The van der Waals surface area contributed by atoms with Crippen molar-refractivity contribution in [3.05, 3.63) is 54.1 Å². The van der Waals surface area contributed by atoms with Crippen molar-refractivity contribution in [2.24, 2.45) is 17.4 Å². The third-order valence-corrected chi connectivity index (χ3v) is 10.8. The van der Waals surface area contributed by atoms with Crippen LogP contribution in [-0.2, 0) is 51.1 Å². The van der Waals surface area contributed by atoms with Gasteiger partial charge in [-0.15, -0.1) is 0 Å². The van der Waals surface area contributed by atoms with E-state index in [1.54, 1.807) is 0 Å². The van der Waals surface area contributed by atoms with Crippen LogP contribution in [-0.4, -0.2) is 136 Å². The summed E-state index contributed by atoms with van der Waals surface area (Å²) in [4.78, 5) is 100. The van der Waals surface area contributed by atoms with E-state index in [0.29, 0.717) is 38.1 Å². The minimum Gasteiger partial charge on any atom is -0.394 e. The molecule has 20 heteroatoms. The number of benzene rings is 1. The zero-order valence-electron chi connectivity index (χ0n) is 36.0. The van der Waals surface area contributed by atoms with E-state index < -0.39 is 78.5 Å². The Morgan fingerprint density at radius 3 is 2.24 bits per heavy atom. The van der Waals surface area contributed by atoms with E-state index in [2.05, 4.69) is 61.3 Å². The maximum absolute atomic E-state index is 14.2. The number of nitrogens with two attached hydrogens (primary N) is 2. The molecule has 19 nitrogen and oxygen atoms in total. The molecule has 11 N–H and O–H groups in total. The normalized spacial score (nSPS) is 17.3. The van der Waals surface area contributed by atoms with Crippen molar-refractivity contribution in [2.75, 3.05) is 32.1 Å². The Morgan fingerprint density at radius 1 is 0.903 bits per heavy atom. The number of nitrogens with zero attached hydrogens (tertiary/aromatic N) is 2. The molecule has 1 aromatic heterocycles. The van der Waals surface area contributed by atoms with Gasteiger partial charge in [-0.05, 0) is 56.9 Å². The van der Waals surface area contributed by atoms with Crippen molar-refractivity contribution in [1.82, 2.24) is 41.5 Å². The number of carbonyl (C=O) groups excluding carboxylic acids is 7. The second-order valence-corrected chi connectivity index (χ2v) is 16.4. The number of H-pyrrole nitrogens is 1. The van der Waals surface area contributed by atoms with E-state index in [1.807, 2.05) is 32.0 Å². The highest BCUT2D eigenvalue weighted by Gasteiger charge is 2.41. The highest BCUT2D eigenvalue weighted by Crippen LogP contribution is 2.24. The lowest BCUT2D eigenvalue weighted by molar-refractivity contribution is -0.140. The second kappa shape index (κ2) is 27.1. The van der Waals surface area contributed by atoms with Crippen LogP contribution in [0.25, 0.3) is 0 Å². The summed E-state index contributed by atoms with van der Waals surface area (Å²) in [6, 6.07) is 3.49. The smallest absolute Gasteiger partial charge is 0.245 e. The van der Waals surface area contributed by atoms with Gasteiger partial charge in [-0.25, -0.2) is 4.98 Å². The topological polar surface area (TPSA) is 293 Å². The lowest BCUT2D eigenvalue weighted by Crippen LogP contribution is -2.60. The quantitative estimate of drug-likeness (QED) is 0.0380. The number of nitrogens with one attached hydrogen (secondary N) is 6. The molecule has 1 aromatic carbocycles. The number of aromatic nitrogens is 2. The van der Waals surface area contributed by atoms with E-state index in [-0.39, 0.29) is 55.7 Å². The molecule has 0 spiro atoms. The van der Waals surface area contributed by atoms with Crippen molar-refractivity contribution >= 4 is 54.0 Å². The van der Waals surface area contributed by atoms with Crippen molar-refractivity contribution in [2.45, 2.75) is 127 Å². The molecule has 7 atom stereocenters. The van der Waals surface area contributed by atoms with Crippen LogP contribution in [0.3, 0.4) is 0 Å². The lowest BCUT2D eigenvalue weighted by atomic mass is 10.0. The van der Waals surface area contributed by atoms with E-state index in [0.717, 1.165) is 19.3 Å². The van der Waals surface area contributed by atoms with Gasteiger partial charge in [0.15, 0.2) is 0 Å². The van der Waals surface area contributed by atoms with Gasteiger partial charge >= 0.3 is 0 Å². The van der Waals surface area contributed by atoms with Gasteiger partial charge in [0, 0.05) is 56.6 Å². The molecule has 0 radical (unpaired) electrons. The van der Waals surface area contributed by atoms with Crippen molar-refractivity contribution < 1.29 is 43.4 Å². The van der Waals surface area contributed by atoms with E-state index >= 15 is 0 Å². The number of likely N-dealkylation sites (tertiary alicyclic amines) is 1. The lowest BCUT2D eigenvalue weighted by Gasteiger charge is -2.28. The molecule has 7 amide bonds. The number of aromatic amines is 1. The number of ether oxygens (including phenoxy) is 1. The highest BCUT2D eigenvalue weighted by atomic mass is 32.1. The predicted molar refractivity (Wildman–Crippen MR) is 234 cm³/mol. The SMILES string of the molecule is CC(C)CC(NC(=O)C1CC(OCCCCc2ccccc2)CN1C(=O)CCCCCNC(=O)C(N)CS)C(=O)NC(Cc1cnc[nH]1)C(=O)NC(CO)C(=O)NC(C)C(N)=O. The molecular formula is C42H66N10O9S. The number of rotatable bonds is 28. The van der Waals surface area contributed by atoms with E-state index in [1.165, 1.54) is 29.9 Å². The molecule has 0 saturated carbocycles. The molecule has 2 aromatic rings. The molecular weight excluding hydrogens is 821 g/mol. The standard InChI is InChI=1S/C42H66N10O9S/c1-26(2)18-32(39(57)49-33(19-29-21-45-25-47-29)40(58)51-34(23-53)41(59)48-27(3)37(44)55)50-42(60)35-20-30(61-17-11-9-14-28-12-6-4-7-13-28)22-52(35)36(54)15-8-5-10-16-46-38(56)31(43)24-62/h4,6-7,12-13,21,25-27,30-35,53,62H,5,8-11,14-20,22-24,43H2,1-3H3,(H2,44,55)(H,45,47)(H,46,56)(H,48,59)(H,49,57)(H,50,60)(H,51,58). The summed E-state index contributed by atoms with van der Waals surface area (Å²) in [5.74, 6) is -4.15. The summed E-state index contributed by atoms with van der Waals surface area (Å²) in [5, 5.41) is 23.0. The van der Waals surface area contributed by atoms with Gasteiger partial charge < -0.3 is 57.8 Å². The summed E-state index contributed by atoms with van der Waals surface area (Å²) < 4.78 is 6.22. The number of carbonyl (C=O) groups is 7. The second-order valence-electron chi connectivity index (χ2n) is 16.0. The molecule has 1 aliphatic heterocycles. The fraction of sp³-hybridized carbons (Fsp3) is 0.619. The molecule has 0 bridgehead atoms. The first-order valence-electron chi connectivity index (χ1n) is 21.3. The van der Waals surface area contributed by atoms with Crippen LogP contribution in [0.5, 0.6) is 0 Å². The number of amides is 7. The summed E-state index contributed by atoms with van der Waals surface area (Å²) in [6.45, 7) is 5.30. The number of thiol groups is 1. The first kappa shape index (κ1) is 51.3. The fourth-order valence-corrected chi connectivity index (χ4v) is 7.00. The van der Waals surface area contributed by atoms with Gasteiger partial charge in [0.1, 0.15) is 30.2 Å². The van der Waals surface area contributed by atoms with Crippen molar-refractivity contribution in [1.29, 1.82) is 0 Å². The van der Waals surface area contributed by atoms with Gasteiger partial charge in [0.25, 0.3) is 0 Å². The van der Waals surface area contributed by atoms with Crippen molar-refractivity contribution in [3.8, 4) is 0 Å². The number of hydrogen-bond donors (Lipinski definition) is 10. The van der Waals surface area contributed by atoms with Crippen LogP contribution < -0.4 is 38.1 Å². The minimum atomic E-state index is -1.48. The van der Waals surface area contributed by atoms with Gasteiger partial charge in [-0.1, -0.05) is 50.6 Å². The number of hydrogen-bond acceptors (Lipinski definition) is 12. The Bertz CT molecular complexity index is 1740. The van der Waals surface area contributed by atoms with E-state index in [9.17, 15) is 38.7 Å². The molecule has 7 unspecified atom stereocenters. The zero-order valence-corrected chi connectivity index (χ0v) is 36.9. The molecule has 62 heavy (non-hydrogen) atoms. The summed E-state index contributed by atoms with van der Waals surface area (Å²) in [7, 11) is 0. The first-order chi connectivity index (χ1) is 29.6. The summed E-state index contributed by atoms with van der Waals surface area (Å²) >= 11 is 4.04. The minimum absolute atomic E-state index is 0.0904. The molecule has 344 valence electrons. The number of aliphatic hydroxyl groups excluding tert-OH is 1. The third kappa shape index (κ3) is 17.7. The van der Waals surface area contributed by atoms with Crippen LogP contribution in [0.15, 0.2) is 42.9 Å². The average molecular weight is 887 g/mol. The van der Waals surface area contributed by atoms with Gasteiger partial charge in [-0.2, -0.15) is 12.6 Å². The summed E-state index contributed by atoms with van der Waals surface area (Å²) in [6.07, 6.45) is 7.26. The largest absolute Gasteiger partial charge is 0.394 e. The molecule has 3 rings (SSSR count). The summed E-state index contributed by atoms with van der Waals surface area (Å²) in [5.41, 5.74) is 12.6. The van der Waals surface area contributed by atoms with Crippen LogP contribution in [0.4, 0.5) is 0 Å². The Labute approximate surface area is 368 Å². The number of aliphatic hydroxyl groups is 1. The number of primary amides is 1. The Hall–Kier alpha value is -5.05. The Kier molecular flexibility index (Phi) is 22.4. The average Bonchev–Trinajstić information content (AvgIpc) is 3.93. The maximum atomic E-state index is 14.2. The molecule has 1 saturated heterocycles. The Balaban J connectivity index is 1.72. The molecule has 1 fully saturated rings. The van der Waals surface area contributed by atoms with Crippen LogP contribution in [0.2, 0.25) is 0 Å². The van der Waals surface area contributed by atoms with E-state index in [4.69, 9.17) is 16.2 Å². The van der Waals surface area contributed by atoms with Crippen LogP contribution >= 0.6 is 12.6 Å². The third-order valence-electron chi connectivity index (χ3n) is 10.4. The number of imidazole rings is 1. The van der Waals surface area contributed by atoms with Crippen LogP contribution in [0, 0.1) is 5.92 Å². The first-order valence-corrected chi connectivity index (χ1v) is 21.9.